The molecule has 0 bridgehead atoms. The van der Waals surface area contributed by atoms with Crippen LogP contribution in [0.3, 0.4) is 0 Å². The molecule has 1 aliphatic rings. The molecule has 0 spiro atoms. The maximum Gasteiger partial charge on any atom is 0.433 e. The molecular formula is C21H16F4N4O. The van der Waals surface area contributed by atoms with Gasteiger partial charge in [-0.1, -0.05) is 24.3 Å². The number of hydrogen-bond acceptors (Lipinski definition) is 4. The quantitative estimate of drug-likeness (QED) is 0.641. The molecule has 1 aliphatic heterocycles. The van der Waals surface area contributed by atoms with Crippen LogP contribution < -0.4 is 10.9 Å². The van der Waals surface area contributed by atoms with E-state index in [4.69, 9.17) is 0 Å². The first-order valence-electron chi connectivity index (χ1n) is 9.05. The van der Waals surface area contributed by atoms with Gasteiger partial charge in [0.25, 0.3) is 0 Å². The largest absolute Gasteiger partial charge is 0.433 e. The zero-order chi connectivity index (χ0) is 21.5. The van der Waals surface area contributed by atoms with Crippen molar-refractivity contribution in [3.05, 3.63) is 99.5 Å². The Bertz CT molecular complexity index is 1150. The Morgan fingerprint density at radius 1 is 1.00 bits per heavy atom. The number of aromatic amines is 1. The van der Waals surface area contributed by atoms with Gasteiger partial charge in [0.15, 0.2) is 0 Å². The van der Waals surface area contributed by atoms with Crippen LogP contribution >= 0.6 is 0 Å². The summed E-state index contributed by atoms with van der Waals surface area (Å²) in [5.74, 6) is -0.0805. The minimum Gasteiger partial charge on any atom is -0.353 e. The van der Waals surface area contributed by atoms with Gasteiger partial charge in [0.1, 0.15) is 22.9 Å². The van der Waals surface area contributed by atoms with Gasteiger partial charge in [0, 0.05) is 17.8 Å². The van der Waals surface area contributed by atoms with E-state index in [-0.39, 0.29) is 5.56 Å². The summed E-state index contributed by atoms with van der Waals surface area (Å²) < 4.78 is 52.5. The summed E-state index contributed by atoms with van der Waals surface area (Å²) >= 11 is 0. The second-order valence-electron chi connectivity index (χ2n) is 6.95. The summed E-state index contributed by atoms with van der Waals surface area (Å²) in [7, 11) is 0. The second-order valence-corrected chi connectivity index (χ2v) is 6.95. The molecular weight excluding hydrogens is 400 g/mol. The number of nitrogens with one attached hydrogen (secondary N) is 2. The van der Waals surface area contributed by atoms with Crippen LogP contribution in [0.2, 0.25) is 0 Å². The van der Waals surface area contributed by atoms with E-state index >= 15 is 0 Å². The van der Waals surface area contributed by atoms with E-state index in [1.807, 2.05) is 0 Å². The van der Waals surface area contributed by atoms with Gasteiger partial charge in [-0.05, 0) is 36.8 Å². The van der Waals surface area contributed by atoms with Crippen LogP contribution in [0.25, 0.3) is 0 Å². The van der Waals surface area contributed by atoms with Gasteiger partial charge in [-0.2, -0.15) is 13.2 Å². The Labute approximate surface area is 168 Å². The van der Waals surface area contributed by atoms with E-state index in [1.54, 1.807) is 31.2 Å². The maximum absolute atomic E-state index is 13.5. The lowest BCUT2D eigenvalue weighted by Gasteiger charge is -2.34. The monoisotopic (exact) mass is 416 g/mol. The molecule has 0 radical (unpaired) electrons. The summed E-state index contributed by atoms with van der Waals surface area (Å²) in [6.07, 6.45) is -3.43. The lowest BCUT2D eigenvalue weighted by Crippen LogP contribution is -2.48. The fourth-order valence-corrected chi connectivity index (χ4v) is 3.64. The summed E-state index contributed by atoms with van der Waals surface area (Å²) in [6.45, 7) is 1.78. The van der Waals surface area contributed by atoms with Crippen molar-refractivity contribution in [1.29, 1.82) is 0 Å². The predicted molar refractivity (Wildman–Crippen MR) is 103 cm³/mol. The first-order valence-corrected chi connectivity index (χ1v) is 9.05. The second kappa shape index (κ2) is 7.08. The lowest BCUT2D eigenvalue weighted by molar-refractivity contribution is -0.141. The number of alkyl halides is 3. The van der Waals surface area contributed by atoms with E-state index in [0.717, 1.165) is 12.3 Å². The molecule has 0 saturated carbocycles. The van der Waals surface area contributed by atoms with Gasteiger partial charge in [0.2, 0.25) is 5.56 Å². The van der Waals surface area contributed by atoms with E-state index in [0.29, 0.717) is 22.7 Å². The van der Waals surface area contributed by atoms with Crippen molar-refractivity contribution in [2.75, 3.05) is 0 Å². The van der Waals surface area contributed by atoms with E-state index in [2.05, 4.69) is 20.3 Å². The van der Waals surface area contributed by atoms with E-state index < -0.39 is 29.3 Å². The number of aliphatic imine (C=N–C) groups is 1. The van der Waals surface area contributed by atoms with Crippen molar-refractivity contribution < 1.29 is 17.6 Å². The van der Waals surface area contributed by atoms with E-state index in [9.17, 15) is 22.4 Å². The lowest BCUT2D eigenvalue weighted by atomic mass is 9.79. The number of aromatic nitrogens is 2. The maximum atomic E-state index is 13.5. The highest BCUT2D eigenvalue weighted by atomic mass is 19.4. The number of pyridine rings is 2. The first-order chi connectivity index (χ1) is 14.2. The zero-order valence-electron chi connectivity index (χ0n) is 15.7. The molecule has 3 heterocycles. The highest BCUT2D eigenvalue weighted by Crippen LogP contribution is 2.39. The molecule has 0 amide bonds. The van der Waals surface area contributed by atoms with Crippen molar-refractivity contribution in [3.8, 4) is 0 Å². The Kier molecular flexibility index (Phi) is 4.68. The van der Waals surface area contributed by atoms with Gasteiger partial charge < -0.3 is 10.3 Å². The molecule has 1 aromatic carbocycles. The molecule has 2 N–H and O–H groups in total. The number of hydrogen-bond donors (Lipinski definition) is 2. The topological polar surface area (TPSA) is 70.1 Å². The van der Waals surface area contributed by atoms with Gasteiger partial charge >= 0.3 is 6.18 Å². The Hall–Kier alpha value is -3.49. The summed E-state index contributed by atoms with van der Waals surface area (Å²) in [6, 6.07) is 11.9. The van der Waals surface area contributed by atoms with Crippen LogP contribution in [0.4, 0.5) is 17.6 Å². The third-order valence-electron chi connectivity index (χ3n) is 5.10. The van der Waals surface area contributed by atoms with Crippen LogP contribution in [-0.4, -0.2) is 21.8 Å². The number of amidine groups is 1. The zero-order valence-corrected chi connectivity index (χ0v) is 15.7. The Balaban J connectivity index is 1.84. The summed E-state index contributed by atoms with van der Waals surface area (Å²) in [5.41, 5.74) is -0.993. The summed E-state index contributed by atoms with van der Waals surface area (Å²) in [4.78, 5) is 22.6. The molecule has 9 heteroatoms. The van der Waals surface area contributed by atoms with Gasteiger partial charge in [0.05, 0.1) is 11.7 Å². The van der Waals surface area contributed by atoms with Crippen LogP contribution in [0.1, 0.15) is 29.4 Å². The van der Waals surface area contributed by atoms with Crippen LogP contribution in [-0.2, 0) is 11.7 Å². The van der Waals surface area contributed by atoms with Crippen molar-refractivity contribution >= 4 is 5.84 Å². The van der Waals surface area contributed by atoms with Gasteiger partial charge in [-0.25, -0.2) is 4.39 Å². The molecule has 3 aromatic rings. The fourth-order valence-electron chi connectivity index (χ4n) is 3.64. The number of benzene rings is 1. The number of nitrogens with zero attached hydrogens (tertiary/aromatic N) is 2. The van der Waals surface area contributed by atoms with Gasteiger partial charge in [-0.15, -0.1) is 0 Å². The smallest absolute Gasteiger partial charge is 0.353 e. The molecule has 2 atom stereocenters. The highest BCUT2D eigenvalue weighted by Gasteiger charge is 2.46. The van der Waals surface area contributed by atoms with Crippen molar-refractivity contribution in [3.63, 3.8) is 0 Å². The standard InChI is InChI=1S/C21H16F4N4O/c1-12-20(13-5-8-15(22)9-6-13,14-7-10-17(26-11-14)21(23,24)25)29-19(27-12)16-3-2-4-18(30)28-16/h2-12H,1H3,(H,27,29)(H,28,30)/t12-,20-/m0/s1. The average Bonchev–Trinajstić information content (AvgIpc) is 3.06. The molecule has 5 nitrogen and oxygen atoms in total. The summed E-state index contributed by atoms with van der Waals surface area (Å²) in [5, 5.41) is 3.24. The average molecular weight is 416 g/mol. The molecule has 154 valence electrons. The third-order valence-corrected chi connectivity index (χ3v) is 5.10. The Morgan fingerprint density at radius 3 is 2.30 bits per heavy atom. The third kappa shape index (κ3) is 3.36. The molecule has 30 heavy (non-hydrogen) atoms. The molecule has 4 rings (SSSR count). The minimum atomic E-state index is -4.57. The Morgan fingerprint density at radius 2 is 1.70 bits per heavy atom. The van der Waals surface area contributed by atoms with E-state index in [1.165, 1.54) is 24.3 Å². The van der Waals surface area contributed by atoms with Crippen LogP contribution in [0, 0.1) is 5.82 Å². The fraction of sp³-hybridized carbons (Fsp3) is 0.190. The van der Waals surface area contributed by atoms with Crippen molar-refractivity contribution in [2.24, 2.45) is 4.99 Å². The molecule has 0 unspecified atom stereocenters. The van der Waals surface area contributed by atoms with Gasteiger partial charge in [-0.3, -0.25) is 14.8 Å². The first kappa shape index (κ1) is 19.8. The molecule has 0 fully saturated rings. The van der Waals surface area contributed by atoms with Crippen LogP contribution in [0.5, 0.6) is 0 Å². The predicted octanol–water partition coefficient (Wildman–Crippen LogP) is 3.61. The SMILES string of the molecule is C[C@@H]1N=C(c2cccc(=O)[nH]2)N[C@@]1(c1ccc(F)cc1)c1ccc(C(F)(F)F)nc1. The molecule has 2 aromatic heterocycles. The number of H-pyrrole nitrogens is 1. The minimum absolute atomic E-state index is 0.319. The van der Waals surface area contributed by atoms with Crippen LogP contribution in [0.15, 0.2) is 70.6 Å². The highest BCUT2D eigenvalue weighted by molar-refractivity contribution is 5.99. The normalized spacial score (nSPS) is 21.2. The van der Waals surface area contributed by atoms with Crippen molar-refractivity contribution in [2.45, 2.75) is 24.7 Å². The number of halogens is 4. The number of rotatable bonds is 3. The molecule has 0 aliphatic carbocycles. The molecule has 0 saturated heterocycles. The van der Waals surface area contributed by atoms with Crippen molar-refractivity contribution in [1.82, 2.24) is 15.3 Å².